The fourth-order valence-corrected chi connectivity index (χ4v) is 3.79. The van der Waals surface area contributed by atoms with Crippen molar-refractivity contribution < 1.29 is 4.79 Å². The summed E-state index contributed by atoms with van der Waals surface area (Å²) in [7, 11) is 0. The first kappa shape index (κ1) is 11.9. The molecule has 100 valence electrons. The molecule has 3 aromatic rings. The Balaban J connectivity index is 1.67. The summed E-state index contributed by atoms with van der Waals surface area (Å²) in [6, 6.07) is 8.19. The van der Waals surface area contributed by atoms with Crippen molar-refractivity contribution in [2.45, 2.75) is 25.8 Å². The van der Waals surface area contributed by atoms with Crippen LogP contribution in [0.25, 0.3) is 10.2 Å². The van der Waals surface area contributed by atoms with Gasteiger partial charge >= 0.3 is 0 Å². The molecule has 0 bridgehead atoms. The van der Waals surface area contributed by atoms with Crippen molar-refractivity contribution >= 4 is 27.3 Å². The number of hydrogen-bond donors (Lipinski definition) is 0. The van der Waals surface area contributed by atoms with E-state index in [4.69, 9.17) is 0 Å². The van der Waals surface area contributed by atoms with E-state index in [-0.39, 0.29) is 5.78 Å². The highest BCUT2D eigenvalue weighted by Gasteiger charge is 2.19. The van der Waals surface area contributed by atoms with E-state index in [2.05, 4.69) is 21.8 Å². The first-order valence-corrected chi connectivity index (χ1v) is 7.67. The second-order valence-corrected chi connectivity index (χ2v) is 6.34. The summed E-state index contributed by atoms with van der Waals surface area (Å²) in [4.78, 5) is 16.5. The lowest BCUT2D eigenvalue weighted by atomic mass is 9.95. The van der Waals surface area contributed by atoms with E-state index in [0.29, 0.717) is 6.42 Å². The predicted molar refractivity (Wildman–Crippen MR) is 80.4 cm³/mol. The Hall–Kier alpha value is -1.94. The Bertz CT molecular complexity index is 767. The predicted octanol–water partition coefficient (Wildman–Crippen LogP) is 3.67. The average molecular weight is 282 g/mol. The zero-order valence-corrected chi connectivity index (χ0v) is 11.8. The Morgan fingerprint density at radius 3 is 2.95 bits per heavy atom. The molecule has 0 aliphatic heterocycles. The molecule has 0 radical (unpaired) electrons. The zero-order chi connectivity index (χ0) is 13.5. The number of para-hydroxylation sites is 1. The number of carbonyl (C=O) groups excluding carboxylic acids is 1. The van der Waals surface area contributed by atoms with E-state index in [9.17, 15) is 4.79 Å². The monoisotopic (exact) mass is 282 g/mol. The lowest BCUT2D eigenvalue weighted by Crippen LogP contribution is -2.07. The molecular formula is C16H14N2OS. The molecular weight excluding hydrogens is 268 g/mol. The first-order chi connectivity index (χ1) is 9.79. The first-order valence-electron chi connectivity index (χ1n) is 6.86. The molecule has 0 atom stereocenters. The third-order valence-electron chi connectivity index (χ3n) is 3.77. The van der Waals surface area contributed by atoms with E-state index in [1.54, 1.807) is 11.3 Å². The number of carbonyl (C=O) groups is 1. The lowest BCUT2D eigenvalue weighted by Gasteiger charge is -2.07. The molecule has 0 saturated heterocycles. The van der Waals surface area contributed by atoms with Gasteiger partial charge in [-0.2, -0.15) is 0 Å². The molecule has 2 heterocycles. The summed E-state index contributed by atoms with van der Waals surface area (Å²) in [5.74, 6) is 0.286. The van der Waals surface area contributed by atoms with Gasteiger partial charge < -0.3 is 4.57 Å². The van der Waals surface area contributed by atoms with Gasteiger partial charge in [0.1, 0.15) is 5.01 Å². The van der Waals surface area contributed by atoms with Crippen molar-refractivity contribution in [1.82, 2.24) is 9.55 Å². The van der Waals surface area contributed by atoms with Crippen LogP contribution in [0.4, 0.5) is 0 Å². The molecule has 2 aromatic heterocycles. The highest BCUT2D eigenvalue weighted by molar-refractivity contribution is 7.18. The number of hydrogen-bond acceptors (Lipinski definition) is 3. The normalized spacial score (nSPS) is 14.7. The largest absolute Gasteiger partial charge is 0.346 e. The van der Waals surface area contributed by atoms with Crippen molar-refractivity contribution in [3.8, 4) is 0 Å². The number of nitrogens with zero attached hydrogens (tertiary/aromatic N) is 2. The minimum absolute atomic E-state index is 0.286. The number of aryl methyl sites for hydroxylation is 1. The number of ketones is 1. The van der Waals surface area contributed by atoms with Gasteiger partial charge in [0.15, 0.2) is 5.78 Å². The zero-order valence-electron chi connectivity index (χ0n) is 11.0. The van der Waals surface area contributed by atoms with Crippen LogP contribution in [-0.4, -0.2) is 15.3 Å². The van der Waals surface area contributed by atoms with Crippen LogP contribution in [0.15, 0.2) is 36.7 Å². The van der Waals surface area contributed by atoms with Gasteiger partial charge in [-0.05, 0) is 30.5 Å². The van der Waals surface area contributed by atoms with Crippen LogP contribution in [0.2, 0.25) is 0 Å². The smallest absolute Gasteiger partial charge is 0.164 e. The van der Waals surface area contributed by atoms with Crippen molar-refractivity contribution in [3.05, 3.63) is 52.8 Å². The van der Waals surface area contributed by atoms with Gasteiger partial charge in [-0.25, -0.2) is 4.98 Å². The van der Waals surface area contributed by atoms with Gasteiger partial charge in [-0.3, -0.25) is 4.79 Å². The van der Waals surface area contributed by atoms with Crippen molar-refractivity contribution in [2.24, 2.45) is 0 Å². The molecule has 0 N–H and O–H groups in total. The highest BCUT2D eigenvalue weighted by atomic mass is 32.1. The molecule has 0 fully saturated rings. The number of thiazole rings is 1. The van der Waals surface area contributed by atoms with E-state index < -0.39 is 0 Å². The van der Waals surface area contributed by atoms with Crippen LogP contribution in [0.3, 0.4) is 0 Å². The molecule has 20 heavy (non-hydrogen) atoms. The fourth-order valence-electron chi connectivity index (χ4n) is 2.82. The van der Waals surface area contributed by atoms with E-state index in [1.165, 1.54) is 10.3 Å². The standard InChI is InChI=1S/C16H14N2OS/c19-14-6-3-4-11-8-18(9-12(11)14)10-16-17-13-5-1-2-7-15(13)20-16/h1-2,5,7-9H,3-4,6,10H2. The molecule has 1 aliphatic rings. The Kier molecular flexibility index (Phi) is 2.70. The lowest BCUT2D eigenvalue weighted by molar-refractivity contribution is 0.0973. The Labute approximate surface area is 120 Å². The molecule has 0 unspecified atom stereocenters. The number of benzene rings is 1. The maximum Gasteiger partial charge on any atom is 0.164 e. The van der Waals surface area contributed by atoms with Crippen LogP contribution in [-0.2, 0) is 13.0 Å². The Morgan fingerprint density at radius 2 is 2.10 bits per heavy atom. The summed E-state index contributed by atoms with van der Waals surface area (Å²) in [6.45, 7) is 0.750. The third kappa shape index (κ3) is 1.96. The second-order valence-electron chi connectivity index (χ2n) is 5.22. The summed E-state index contributed by atoms with van der Waals surface area (Å²) >= 11 is 1.72. The fraction of sp³-hybridized carbons (Fsp3) is 0.250. The van der Waals surface area contributed by atoms with Crippen LogP contribution < -0.4 is 0 Å². The molecule has 1 aliphatic carbocycles. The maximum absolute atomic E-state index is 11.9. The molecule has 3 nitrogen and oxygen atoms in total. The van der Waals surface area contributed by atoms with E-state index >= 15 is 0 Å². The van der Waals surface area contributed by atoms with Crippen LogP contribution >= 0.6 is 11.3 Å². The molecule has 0 spiro atoms. The van der Waals surface area contributed by atoms with Gasteiger partial charge in [0.2, 0.25) is 0 Å². The van der Waals surface area contributed by atoms with Crippen molar-refractivity contribution in [1.29, 1.82) is 0 Å². The summed E-state index contributed by atoms with van der Waals surface area (Å²) < 4.78 is 3.32. The molecule has 4 rings (SSSR count). The number of Topliss-reactive ketones (excluding diaryl/α,β-unsaturated/α-hetero) is 1. The van der Waals surface area contributed by atoms with Gasteiger partial charge in [-0.1, -0.05) is 12.1 Å². The summed E-state index contributed by atoms with van der Waals surface area (Å²) in [6.07, 6.45) is 6.80. The minimum atomic E-state index is 0.286. The topological polar surface area (TPSA) is 34.9 Å². The minimum Gasteiger partial charge on any atom is -0.346 e. The van der Waals surface area contributed by atoms with Crippen molar-refractivity contribution in [2.75, 3.05) is 0 Å². The quantitative estimate of drug-likeness (QED) is 0.719. The van der Waals surface area contributed by atoms with Gasteiger partial charge in [0.05, 0.1) is 16.8 Å². The van der Waals surface area contributed by atoms with E-state index in [0.717, 1.165) is 35.5 Å². The molecule has 1 aromatic carbocycles. The molecule has 4 heteroatoms. The van der Waals surface area contributed by atoms with Gasteiger partial charge in [-0.15, -0.1) is 11.3 Å². The maximum atomic E-state index is 11.9. The third-order valence-corrected chi connectivity index (χ3v) is 4.79. The summed E-state index contributed by atoms with van der Waals surface area (Å²) in [5.41, 5.74) is 3.17. The van der Waals surface area contributed by atoms with Gasteiger partial charge in [0.25, 0.3) is 0 Å². The van der Waals surface area contributed by atoms with Crippen LogP contribution in [0, 0.1) is 0 Å². The number of aromatic nitrogens is 2. The average Bonchev–Trinajstić information content (AvgIpc) is 3.02. The van der Waals surface area contributed by atoms with Crippen LogP contribution in [0.5, 0.6) is 0 Å². The highest BCUT2D eigenvalue weighted by Crippen LogP contribution is 2.25. The Morgan fingerprint density at radius 1 is 1.20 bits per heavy atom. The summed E-state index contributed by atoms with van der Waals surface area (Å²) in [5, 5.41) is 1.09. The molecule has 0 saturated carbocycles. The van der Waals surface area contributed by atoms with Crippen molar-refractivity contribution in [3.63, 3.8) is 0 Å². The molecule has 0 amide bonds. The number of rotatable bonds is 2. The van der Waals surface area contributed by atoms with E-state index in [1.807, 2.05) is 24.4 Å². The van der Waals surface area contributed by atoms with Crippen LogP contribution in [0.1, 0.15) is 33.8 Å². The second kappa shape index (κ2) is 4.56. The SMILES string of the molecule is O=C1CCCc2cn(Cc3nc4ccccc4s3)cc21. The van der Waals surface area contributed by atoms with Gasteiger partial charge in [0, 0.05) is 24.4 Å². The number of fused-ring (bicyclic) bond motifs is 2.